The van der Waals surface area contributed by atoms with E-state index in [9.17, 15) is 4.79 Å². The van der Waals surface area contributed by atoms with Crippen LogP contribution < -0.4 is 5.32 Å². The van der Waals surface area contributed by atoms with Crippen LogP contribution in [0.25, 0.3) is 10.9 Å². The monoisotopic (exact) mass is 314 g/mol. The number of H-pyrrole nitrogens is 1. The van der Waals surface area contributed by atoms with Crippen molar-refractivity contribution in [3.63, 3.8) is 0 Å². The van der Waals surface area contributed by atoms with Crippen LogP contribution in [-0.4, -0.2) is 10.9 Å². The number of aromatic amines is 1. The first-order chi connectivity index (χ1) is 9.24. The zero-order valence-corrected chi connectivity index (χ0v) is 11.6. The first kappa shape index (κ1) is 12.0. The summed E-state index contributed by atoms with van der Waals surface area (Å²) in [5, 5.41) is 3.97. The van der Waals surface area contributed by atoms with Crippen molar-refractivity contribution >= 4 is 38.4 Å². The number of hydrogen-bond donors (Lipinski definition) is 2. The summed E-state index contributed by atoms with van der Waals surface area (Å²) < 4.78 is 0.787. The maximum Gasteiger partial charge on any atom is 0.256 e. The summed E-state index contributed by atoms with van der Waals surface area (Å²) in [4.78, 5) is 15.3. The Kier molecular flexibility index (Phi) is 3.09. The van der Waals surface area contributed by atoms with Crippen molar-refractivity contribution in [2.75, 3.05) is 5.32 Å². The molecule has 0 saturated carbocycles. The fraction of sp³-hybridized carbons (Fsp3) is 0. The molecule has 1 aromatic heterocycles. The van der Waals surface area contributed by atoms with Gasteiger partial charge in [0.05, 0.1) is 5.56 Å². The Morgan fingerprint density at radius 2 is 1.95 bits per heavy atom. The lowest BCUT2D eigenvalue weighted by atomic mass is 10.2. The highest BCUT2D eigenvalue weighted by Crippen LogP contribution is 2.20. The molecule has 94 valence electrons. The number of nitrogens with one attached hydrogen (secondary N) is 2. The molecule has 0 saturated heterocycles. The van der Waals surface area contributed by atoms with Gasteiger partial charge in [-0.15, -0.1) is 0 Å². The highest BCUT2D eigenvalue weighted by atomic mass is 79.9. The molecular formula is C15H11BrN2O. The second kappa shape index (κ2) is 4.90. The maximum absolute atomic E-state index is 12.2. The van der Waals surface area contributed by atoms with E-state index in [1.807, 2.05) is 48.7 Å². The van der Waals surface area contributed by atoms with Crippen LogP contribution in [0.1, 0.15) is 10.4 Å². The van der Waals surface area contributed by atoms with Crippen molar-refractivity contribution in [1.82, 2.24) is 4.98 Å². The van der Waals surface area contributed by atoms with Crippen molar-refractivity contribution in [2.45, 2.75) is 0 Å². The number of anilines is 1. The summed E-state index contributed by atoms with van der Waals surface area (Å²) in [6.45, 7) is 0. The molecule has 1 amide bonds. The minimum Gasteiger partial charge on any atom is -0.361 e. The molecule has 0 aliphatic heterocycles. The van der Waals surface area contributed by atoms with Crippen molar-refractivity contribution in [1.29, 1.82) is 0 Å². The molecule has 0 unspecified atom stereocenters. The van der Waals surface area contributed by atoms with E-state index in [0.29, 0.717) is 5.56 Å². The second-order valence-electron chi connectivity index (χ2n) is 4.21. The molecular weight excluding hydrogens is 304 g/mol. The van der Waals surface area contributed by atoms with Crippen LogP contribution >= 0.6 is 15.9 Å². The molecule has 2 N–H and O–H groups in total. The van der Waals surface area contributed by atoms with E-state index in [2.05, 4.69) is 26.2 Å². The molecule has 19 heavy (non-hydrogen) atoms. The van der Waals surface area contributed by atoms with Crippen LogP contribution in [0.5, 0.6) is 0 Å². The van der Waals surface area contributed by atoms with Gasteiger partial charge in [0.15, 0.2) is 0 Å². The minimum atomic E-state index is -0.123. The summed E-state index contributed by atoms with van der Waals surface area (Å²) in [5.41, 5.74) is 2.46. The lowest BCUT2D eigenvalue weighted by molar-refractivity contribution is 0.102. The Hall–Kier alpha value is -2.07. The van der Waals surface area contributed by atoms with Gasteiger partial charge in [-0.1, -0.05) is 12.1 Å². The number of benzene rings is 2. The summed E-state index contributed by atoms with van der Waals surface area (Å²) in [5.74, 6) is -0.123. The van der Waals surface area contributed by atoms with Crippen LogP contribution in [-0.2, 0) is 0 Å². The van der Waals surface area contributed by atoms with E-state index in [4.69, 9.17) is 0 Å². The standard InChI is InChI=1S/C15H11BrN2O/c16-13-4-2-1-3-12(13)15(19)18-11-5-6-14-10(9-11)7-8-17-14/h1-9,17H,(H,18,19). The lowest BCUT2D eigenvalue weighted by Crippen LogP contribution is -2.12. The lowest BCUT2D eigenvalue weighted by Gasteiger charge is -2.07. The van der Waals surface area contributed by atoms with Crippen LogP contribution in [0.2, 0.25) is 0 Å². The van der Waals surface area contributed by atoms with Gasteiger partial charge in [-0.05, 0) is 52.3 Å². The average Bonchev–Trinajstić information content (AvgIpc) is 2.86. The summed E-state index contributed by atoms with van der Waals surface area (Å²) in [6.07, 6.45) is 1.88. The number of aromatic nitrogens is 1. The number of hydrogen-bond acceptors (Lipinski definition) is 1. The fourth-order valence-corrected chi connectivity index (χ4v) is 2.44. The molecule has 0 spiro atoms. The van der Waals surface area contributed by atoms with Gasteiger partial charge in [-0.3, -0.25) is 4.79 Å². The van der Waals surface area contributed by atoms with E-state index in [1.54, 1.807) is 6.07 Å². The van der Waals surface area contributed by atoms with Crippen LogP contribution in [0.3, 0.4) is 0 Å². The van der Waals surface area contributed by atoms with Gasteiger partial charge in [-0.2, -0.15) is 0 Å². The van der Waals surface area contributed by atoms with Crippen LogP contribution in [0.15, 0.2) is 59.2 Å². The number of carbonyl (C=O) groups is 1. The van der Waals surface area contributed by atoms with Crippen molar-refractivity contribution in [3.8, 4) is 0 Å². The van der Waals surface area contributed by atoms with Crippen molar-refractivity contribution in [2.24, 2.45) is 0 Å². The third kappa shape index (κ3) is 2.39. The minimum absolute atomic E-state index is 0.123. The summed E-state index contributed by atoms with van der Waals surface area (Å²) in [6, 6.07) is 15.1. The number of fused-ring (bicyclic) bond motifs is 1. The van der Waals surface area contributed by atoms with E-state index in [1.165, 1.54) is 0 Å². The number of amides is 1. The highest BCUT2D eigenvalue weighted by molar-refractivity contribution is 9.10. The zero-order chi connectivity index (χ0) is 13.2. The fourth-order valence-electron chi connectivity index (χ4n) is 1.97. The van der Waals surface area contributed by atoms with Gasteiger partial charge in [0.1, 0.15) is 0 Å². The molecule has 2 aromatic carbocycles. The highest BCUT2D eigenvalue weighted by Gasteiger charge is 2.09. The van der Waals surface area contributed by atoms with Gasteiger partial charge in [-0.25, -0.2) is 0 Å². The summed E-state index contributed by atoms with van der Waals surface area (Å²) in [7, 11) is 0. The molecule has 3 aromatic rings. The first-order valence-electron chi connectivity index (χ1n) is 5.87. The van der Waals surface area contributed by atoms with Gasteiger partial charge >= 0.3 is 0 Å². The zero-order valence-electron chi connectivity index (χ0n) is 9.98. The molecule has 0 aliphatic rings. The number of carbonyl (C=O) groups excluding carboxylic acids is 1. The Bertz CT molecular complexity index is 748. The molecule has 0 radical (unpaired) electrons. The SMILES string of the molecule is O=C(Nc1ccc2[nH]ccc2c1)c1ccccc1Br. The molecule has 0 bridgehead atoms. The third-order valence-corrected chi connectivity index (χ3v) is 3.62. The molecule has 0 atom stereocenters. The second-order valence-corrected chi connectivity index (χ2v) is 5.07. The maximum atomic E-state index is 12.2. The molecule has 3 rings (SSSR count). The normalized spacial score (nSPS) is 10.6. The van der Waals surface area contributed by atoms with Gasteiger partial charge in [0, 0.05) is 27.3 Å². The Balaban J connectivity index is 1.88. The topological polar surface area (TPSA) is 44.9 Å². The number of rotatable bonds is 2. The van der Waals surface area contributed by atoms with Crippen molar-refractivity contribution in [3.05, 3.63) is 64.8 Å². The van der Waals surface area contributed by atoms with Gasteiger partial charge < -0.3 is 10.3 Å². The largest absolute Gasteiger partial charge is 0.361 e. The smallest absolute Gasteiger partial charge is 0.256 e. The predicted molar refractivity (Wildman–Crippen MR) is 80.4 cm³/mol. The summed E-state index contributed by atoms with van der Waals surface area (Å²) >= 11 is 3.38. The molecule has 0 aliphatic carbocycles. The van der Waals surface area contributed by atoms with Gasteiger partial charge in [0.2, 0.25) is 0 Å². The molecule has 3 nitrogen and oxygen atoms in total. The third-order valence-electron chi connectivity index (χ3n) is 2.93. The van der Waals surface area contributed by atoms with Gasteiger partial charge in [0.25, 0.3) is 5.91 Å². The van der Waals surface area contributed by atoms with E-state index in [-0.39, 0.29) is 5.91 Å². The number of halogens is 1. The first-order valence-corrected chi connectivity index (χ1v) is 6.66. The Labute approximate surface area is 118 Å². The van der Waals surface area contributed by atoms with Crippen LogP contribution in [0, 0.1) is 0 Å². The van der Waals surface area contributed by atoms with Crippen LogP contribution in [0.4, 0.5) is 5.69 Å². The van der Waals surface area contributed by atoms with E-state index < -0.39 is 0 Å². The Morgan fingerprint density at radius 3 is 2.79 bits per heavy atom. The molecule has 4 heteroatoms. The van der Waals surface area contributed by atoms with E-state index >= 15 is 0 Å². The average molecular weight is 315 g/mol. The Morgan fingerprint density at radius 1 is 1.11 bits per heavy atom. The molecule has 1 heterocycles. The van der Waals surface area contributed by atoms with Crippen molar-refractivity contribution < 1.29 is 4.79 Å². The molecule has 0 fully saturated rings. The van der Waals surface area contributed by atoms with E-state index in [0.717, 1.165) is 21.1 Å². The quantitative estimate of drug-likeness (QED) is 0.732. The predicted octanol–water partition coefficient (Wildman–Crippen LogP) is 4.18.